The van der Waals surface area contributed by atoms with E-state index in [-0.39, 0.29) is 11.8 Å². The second kappa shape index (κ2) is 4.76. The Morgan fingerprint density at radius 1 is 1.31 bits per heavy atom. The van der Waals surface area contributed by atoms with Crippen LogP contribution in [0.25, 0.3) is 0 Å². The molecule has 2 atom stereocenters. The molecule has 0 spiro atoms. The monoisotopic (exact) mass is 218 g/mol. The molecule has 3 heteroatoms. The van der Waals surface area contributed by atoms with E-state index in [1.165, 1.54) is 5.56 Å². The van der Waals surface area contributed by atoms with Crippen molar-refractivity contribution in [2.75, 3.05) is 6.54 Å². The van der Waals surface area contributed by atoms with E-state index in [9.17, 15) is 4.79 Å². The van der Waals surface area contributed by atoms with Gasteiger partial charge in [-0.3, -0.25) is 4.79 Å². The second-order valence-corrected chi connectivity index (χ2v) is 4.48. The fraction of sp³-hybridized carbons (Fsp3) is 0.462. The Morgan fingerprint density at radius 2 is 2.00 bits per heavy atom. The van der Waals surface area contributed by atoms with Crippen LogP contribution in [0, 0.1) is 0 Å². The van der Waals surface area contributed by atoms with E-state index in [2.05, 4.69) is 5.32 Å². The van der Waals surface area contributed by atoms with Crippen molar-refractivity contribution < 1.29 is 4.79 Å². The Hall–Kier alpha value is -1.19. The van der Waals surface area contributed by atoms with Gasteiger partial charge in [0.15, 0.2) is 5.78 Å². The highest BCUT2D eigenvalue weighted by Gasteiger charge is 2.18. The van der Waals surface area contributed by atoms with Gasteiger partial charge in [0, 0.05) is 24.2 Å². The minimum Gasteiger partial charge on any atom is -0.327 e. The lowest BCUT2D eigenvalue weighted by atomic mass is 9.94. The molecule has 0 aromatic heterocycles. The fourth-order valence-corrected chi connectivity index (χ4v) is 2.11. The van der Waals surface area contributed by atoms with Gasteiger partial charge in [-0.15, -0.1) is 0 Å². The van der Waals surface area contributed by atoms with E-state index in [4.69, 9.17) is 5.73 Å². The summed E-state index contributed by atoms with van der Waals surface area (Å²) in [7, 11) is 0. The van der Waals surface area contributed by atoms with Gasteiger partial charge < -0.3 is 11.1 Å². The van der Waals surface area contributed by atoms with Crippen LogP contribution in [0.15, 0.2) is 24.3 Å². The van der Waals surface area contributed by atoms with Gasteiger partial charge in [0.25, 0.3) is 0 Å². The smallest absolute Gasteiger partial charge is 0.159 e. The number of nitrogens with one attached hydrogen (secondary N) is 1. The van der Waals surface area contributed by atoms with E-state index < -0.39 is 0 Å². The van der Waals surface area contributed by atoms with Crippen molar-refractivity contribution in [2.24, 2.45) is 5.73 Å². The molecule has 1 aliphatic heterocycles. The topological polar surface area (TPSA) is 55.1 Å². The Labute approximate surface area is 96.0 Å². The molecule has 1 aromatic carbocycles. The fourth-order valence-electron chi connectivity index (χ4n) is 2.11. The lowest BCUT2D eigenvalue weighted by molar-refractivity contribution is 0.101. The summed E-state index contributed by atoms with van der Waals surface area (Å²) in [6.45, 7) is 2.46. The normalized spacial score (nSPS) is 25.4. The van der Waals surface area contributed by atoms with Crippen LogP contribution in [0.2, 0.25) is 0 Å². The average Bonchev–Trinajstić information content (AvgIpc) is 2.30. The van der Waals surface area contributed by atoms with Crippen LogP contribution in [-0.4, -0.2) is 18.4 Å². The molecule has 86 valence electrons. The van der Waals surface area contributed by atoms with Gasteiger partial charge in [-0.25, -0.2) is 0 Å². The highest BCUT2D eigenvalue weighted by atomic mass is 16.1. The van der Waals surface area contributed by atoms with Crippen molar-refractivity contribution in [1.82, 2.24) is 5.32 Å². The zero-order chi connectivity index (χ0) is 11.5. The Balaban J connectivity index is 2.07. The molecule has 2 unspecified atom stereocenters. The van der Waals surface area contributed by atoms with Gasteiger partial charge >= 0.3 is 0 Å². The van der Waals surface area contributed by atoms with E-state index in [0.29, 0.717) is 6.04 Å². The van der Waals surface area contributed by atoms with Crippen LogP contribution in [0.3, 0.4) is 0 Å². The first-order valence-electron chi connectivity index (χ1n) is 5.76. The summed E-state index contributed by atoms with van der Waals surface area (Å²) in [5.74, 6) is 0.116. The number of ketones is 1. The van der Waals surface area contributed by atoms with Crippen molar-refractivity contribution >= 4 is 5.78 Å². The third-order valence-electron chi connectivity index (χ3n) is 3.17. The molecule has 1 aromatic rings. The number of Topliss-reactive ketones (excluding diaryl/α,β-unsaturated/α-hetero) is 1. The zero-order valence-corrected chi connectivity index (χ0v) is 9.57. The Morgan fingerprint density at radius 3 is 2.50 bits per heavy atom. The van der Waals surface area contributed by atoms with Gasteiger partial charge in [0.1, 0.15) is 0 Å². The zero-order valence-electron chi connectivity index (χ0n) is 9.57. The largest absolute Gasteiger partial charge is 0.327 e. The van der Waals surface area contributed by atoms with Gasteiger partial charge in [-0.2, -0.15) is 0 Å². The third-order valence-corrected chi connectivity index (χ3v) is 3.17. The number of carbonyl (C=O) groups is 1. The molecular formula is C13H18N2O. The number of benzene rings is 1. The summed E-state index contributed by atoms with van der Waals surface area (Å²) in [5.41, 5.74) is 7.85. The summed E-state index contributed by atoms with van der Waals surface area (Å²) >= 11 is 0. The molecule has 3 N–H and O–H groups in total. The quantitative estimate of drug-likeness (QED) is 0.742. The molecular weight excluding hydrogens is 200 g/mol. The van der Waals surface area contributed by atoms with Gasteiger partial charge in [0.05, 0.1) is 0 Å². The number of carbonyl (C=O) groups excluding carboxylic acids is 1. The number of hydrogen-bond acceptors (Lipinski definition) is 3. The maximum absolute atomic E-state index is 11.1. The van der Waals surface area contributed by atoms with Crippen molar-refractivity contribution in [3.05, 3.63) is 35.4 Å². The Kier molecular flexibility index (Phi) is 3.36. The number of nitrogens with two attached hydrogens (primary N) is 1. The highest BCUT2D eigenvalue weighted by molar-refractivity contribution is 5.94. The SMILES string of the molecule is CC(=O)c1ccc(C2CCC(N)CN2)cc1. The van der Waals surface area contributed by atoms with E-state index >= 15 is 0 Å². The first kappa shape index (κ1) is 11.3. The predicted molar refractivity (Wildman–Crippen MR) is 64.4 cm³/mol. The molecule has 2 rings (SSSR count). The second-order valence-electron chi connectivity index (χ2n) is 4.48. The summed E-state index contributed by atoms with van der Waals surface area (Å²) in [6.07, 6.45) is 2.13. The van der Waals surface area contributed by atoms with Crippen LogP contribution in [0.5, 0.6) is 0 Å². The molecule has 0 saturated carbocycles. The number of rotatable bonds is 2. The predicted octanol–water partition coefficient (Wildman–Crippen LogP) is 1.64. The van der Waals surface area contributed by atoms with Crippen LogP contribution in [-0.2, 0) is 0 Å². The van der Waals surface area contributed by atoms with Crippen molar-refractivity contribution in [1.29, 1.82) is 0 Å². The minimum absolute atomic E-state index is 0.116. The molecule has 1 fully saturated rings. The van der Waals surface area contributed by atoms with Crippen molar-refractivity contribution in [3.8, 4) is 0 Å². The van der Waals surface area contributed by atoms with Crippen molar-refractivity contribution in [2.45, 2.75) is 31.8 Å². The van der Waals surface area contributed by atoms with Crippen LogP contribution in [0.1, 0.15) is 41.7 Å². The molecule has 1 heterocycles. The molecule has 1 saturated heterocycles. The summed E-state index contributed by atoms with van der Waals surface area (Å²) in [4.78, 5) is 11.1. The first-order chi connectivity index (χ1) is 7.66. The van der Waals surface area contributed by atoms with Gasteiger partial charge in [0.2, 0.25) is 0 Å². The standard InChI is InChI=1S/C13H18N2O/c1-9(16)10-2-4-11(5-3-10)13-7-6-12(14)8-15-13/h2-5,12-13,15H,6-8,14H2,1H3. The maximum Gasteiger partial charge on any atom is 0.159 e. The summed E-state index contributed by atoms with van der Waals surface area (Å²) in [5, 5.41) is 3.42. The Bertz CT molecular complexity index is 364. The van der Waals surface area contributed by atoms with Crippen LogP contribution < -0.4 is 11.1 Å². The van der Waals surface area contributed by atoms with E-state index in [0.717, 1.165) is 24.9 Å². The molecule has 16 heavy (non-hydrogen) atoms. The molecule has 0 radical (unpaired) electrons. The summed E-state index contributed by atoms with van der Waals surface area (Å²) < 4.78 is 0. The lowest BCUT2D eigenvalue weighted by Crippen LogP contribution is -2.41. The number of hydrogen-bond donors (Lipinski definition) is 2. The maximum atomic E-state index is 11.1. The molecule has 1 aliphatic rings. The minimum atomic E-state index is 0.116. The molecule has 0 bridgehead atoms. The first-order valence-corrected chi connectivity index (χ1v) is 5.76. The van der Waals surface area contributed by atoms with Crippen molar-refractivity contribution in [3.63, 3.8) is 0 Å². The van der Waals surface area contributed by atoms with Gasteiger partial charge in [-0.1, -0.05) is 24.3 Å². The van der Waals surface area contributed by atoms with Gasteiger partial charge in [-0.05, 0) is 25.3 Å². The lowest BCUT2D eigenvalue weighted by Gasteiger charge is -2.28. The van der Waals surface area contributed by atoms with Crippen LogP contribution >= 0.6 is 0 Å². The highest BCUT2D eigenvalue weighted by Crippen LogP contribution is 2.22. The molecule has 0 aliphatic carbocycles. The summed E-state index contributed by atoms with van der Waals surface area (Å²) in [6, 6.07) is 8.53. The van der Waals surface area contributed by atoms with Crippen LogP contribution in [0.4, 0.5) is 0 Å². The third kappa shape index (κ3) is 2.49. The van der Waals surface area contributed by atoms with E-state index in [1.54, 1.807) is 6.92 Å². The number of piperidine rings is 1. The van der Waals surface area contributed by atoms with E-state index in [1.807, 2.05) is 24.3 Å². The molecule has 0 amide bonds. The molecule has 3 nitrogen and oxygen atoms in total. The average molecular weight is 218 g/mol.